The molecule has 5 nitrogen and oxygen atoms in total. The van der Waals surface area contributed by atoms with Crippen molar-refractivity contribution >= 4 is 18.0 Å². The fourth-order valence-corrected chi connectivity index (χ4v) is 1.21. The van der Waals surface area contributed by atoms with Gasteiger partial charge in [-0.3, -0.25) is 9.78 Å². The number of aromatic nitrogens is 1. The summed E-state index contributed by atoms with van der Waals surface area (Å²) < 4.78 is 0. The lowest BCUT2D eigenvalue weighted by molar-refractivity contribution is -0.131. The molecule has 0 atom stereocenters. The summed E-state index contributed by atoms with van der Waals surface area (Å²) >= 11 is 0. The van der Waals surface area contributed by atoms with E-state index in [2.05, 4.69) is 10.3 Å². The maximum Gasteiger partial charge on any atom is 0.328 e. The Kier molecular flexibility index (Phi) is 4.20. The molecule has 0 saturated heterocycles. The summed E-state index contributed by atoms with van der Waals surface area (Å²) in [5, 5.41) is 11.3. The van der Waals surface area contributed by atoms with E-state index in [1.54, 1.807) is 12.1 Å². The first-order valence-electron chi connectivity index (χ1n) is 5.47. The van der Waals surface area contributed by atoms with E-state index in [0.717, 1.165) is 6.08 Å². The minimum absolute atomic E-state index is 0.253. The summed E-state index contributed by atoms with van der Waals surface area (Å²) in [5.74, 6) is -1.28. The molecule has 0 saturated carbocycles. The van der Waals surface area contributed by atoms with Crippen molar-refractivity contribution in [1.29, 1.82) is 0 Å². The van der Waals surface area contributed by atoms with Crippen LogP contribution in [0.5, 0.6) is 0 Å². The molecule has 5 heteroatoms. The zero-order valence-electron chi connectivity index (χ0n) is 10.6. The van der Waals surface area contributed by atoms with E-state index in [9.17, 15) is 9.59 Å². The van der Waals surface area contributed by atoms with E-state index in [0.29, 0.717) is 11.3 Å². The Morgan fingerprint density at radius 1 is 1.33 bits per heavy atom. The number of hydrogen-bond acceptors (Lipinski definition) is 3. The molecule has 1 rings (SSSR count). The highest BCUT2D eigenvalue weighted by molar-refractivity contribution is 5.93. The van der Waals surface area contributed by atoms with E-state index in [4.69, 9.17) is 5.11 Å². The van der Waals surface area contributed by atoms with Crippen LogP contribution in [0.3, 0.4) is 0 Å². The van der Waals surface area contributed by atoms with Crippen LogP contribution in [0.25, 0.3) is 6.08 Å². The lowest BCUT2D eigenvalue weighted by Crippen LogP contribution is -2.40. The Morgan fingerprint density at radius 3 is 2.44 bits per heavy atom. The molecule has 0 spiro atoms. The summed E-state index contributed by atoms with van der Waals surface area (Å²) in [6.07, 6.45) is 3.89. The molecule has 0 aliphatic rings. The predicted octanol–water partition coefficient (Wildman–Crippen LogP) is 1.71. The minimum Gasteiger partial charge on any atom is -0.478 e. The van der Waals surface area contributed by atoms with Gasteiger partial charge in [0, 0.05) is 17.8 Å². The monoisotopic (exact) mass is 248 g/mol. The number of nitrogens with one attached hydrogen (secondary N) is 1. The van der Waals surface area contributed by atoms with Gasteiger partial charge in [-0.1, -0.05) is 6.07 Å². The van der Waals surface area contributed by atoms with Gasteiger partial charge in [0.25, 0.3) is 5.91 Å². The molecule has 96 valence electrons. The van der Waals surface area contributed by atoms with Gasteiger partial charge in [0.1, 0.15) is 5.69 Å². The van der Waals surface area contributed by atoms with Crippen LogP contribution in [0.4, 0.5) is 0 Å². The third kappa shape index (κ3) is 4.78. The second-order valence-electron chi connectivity index (χ2n) is 4.85. The molecular formula is C13H16N2O3. The van der Waals surface area contributed by atoms with Crippen molar-refractivity contribution < 1.29 is 14.7 Å². The molecule has 2 N–H and O–H groups in total. The molecule has 1 heterocycles. The largest absolute Gasteiger partial charge is 0.478 e. The lowest BCUT2D eigenvalue weighted by Gasteiger charge is -2.20. The SMILES string of the molecule is CC(C)(C)NC(=O)c1ccc(C=CC(=O)O)cn1. The molecule has 0 bridgehead atoms. The molecule has 0 unspecified atom stereocenters. The van der Waals surface area contributed by atoms with Crippen LogP contribution in [-0.2, 0) is 4.79 Å². The van der Waals surface area contributed by atoms with Crippen LogP contribution < -0.4 is 5.32 Å². The summed E-state index contributed by atoms with van der Waals surface area (Å²) in [6.45, 7) is 5.65. The molecule has 0 aliphatic heterocycles. The second kappa shape index (κ2) is 5.44. The van der Waals surface area contributed by atoms with Crippen LogP contribution in [-0.4, -0.2) is 27.5 Å². The van der Waals surface area contributed by atoms with E-state index >= 15 is 0 Å². The average Bonchev–Trinajstić information content (AvgIpc) is 2.24. The number of pyridine rings is 1. The van der Waals surface area contributed by atoms with Crippen molar-refractivity contribution in [2.24, 2.45) is 0 Å². The minimum atomic E-state index is -1.02. The van der Waals surface area contributed by atoms with E-state index in [1.165, 1.54) is 12.3 Å². The first-order valence-corrected chi connectivity index (χ1v) is 5.47. The number of carbonyl (C=O) groups is 2. The number of amides is 1. The van der Waals surface area contributed by atoms with Crippen molar-refractivity contribution in [2.45, 2.75) is 26.3 Å². The molecular weight excluding hydrogens is 232 g/mol. The van der Waals surface area contributed by atoms with Crippen LogP contribution in [0, 0.1) is 0 Å². The topological polar surface area (TPSA) is 79.3 Å². The van der Waals surface area contributed by atoms with Crippen molar-refractivity contribution in [3.05, 3.63) is 35.7 Å². The molecule has 18 heavy (non-hydrogen) atoms. The number of rotatable bonds is 3. The van der Waals surface area contributed by atoms with Crippen LogP contribution in [0.15, 0.2) is 24.4 Å². The summed E-state index contributed by atoms with van der Waals surface area (Å²) in [6, 6.07) is 3.20. The zero-order chi connectivity index (χ0) is 13.8. The van der Waals surface area contributed by atoms with E-state index in [1.807, 2.05) is 20.8 Å². The molecule has 1 amide bonds. The van der Waals surface area contributed by atoms with Crippen LogP contribution in [0.2, 0.25) is 0 Å². The lowest BCUT2D eigenvalue weighted by atomic mass is 10.1. The fraction of sp³-hybridized carbons (Fsp3) is 0.308. The highest BCUT2D eigenvalue weighted by Gasteiger charge is 2.15. The molecule has 0 radical (unpaired) electrons. The second-order valence-corrected chi connectivity index (χ2v) is 4.85. The number of carboxylic acids is 1. The Labute approximate surface area is 106 Å². The Bertz CT molecular complexity index is 470. The number of aliphatic carboxylic acids is 1. The Balaban J connectivity index is 2.77. The molecule has 0 fully saturated rings. The van der Waals surface area contributed by atoms with Gasteiger partial charge >= 0.3 is 5.97 Å². The molecule has 0 aliphatic carbocycles. The van der Waals surface area contributed by atoms with Crippen LogP contribution >= 0.6 is 0 Å². The summed E-state index contributed by atoms with van der Waals surface area (Å²) in [4.78, 5) is 26.1. The third-order valence-corrected chi connectivity index (χ3v) is 1.93. The molecule has 0 aromatic carbocycles. The van der Waals surface area contributed by atoms with Gasteiger partial charge in [0.2, 0.25) is 0 Å². The Morgan fingerprint density at radius 2 is 2.00 bits per heavy atom. The average molecular weight is 248 g/mol. The van der Waals surface area contributed by atoms with Crippen molar-refractivity contribution in [1.82, 2.24) is 10.3 Å². The van der Waals surface area contributed by atoms with Gasteiger partial charge in [-0.05, 0) is 38.5 Å². The van der Waals surface area contributed by atoms with Gasteiger partial charge in [0.05, 0.1) is 0 Å². The van der Waals surface area contributed by atoms with Crippen molar-refractivity contribution in [2.75, 3.05) is 0 Å². The first-order chi connectivity index (χ1) is 8.28. The van der Waals surface area contributed by atoms with Gasteiger partial charge < -0.3 is 10.4 Å². The highest BCUT2D eigenvalue weighted by atomic mass is 16.4. The first kappa shape index (κ1) is 13.9. The predicted molar refractivity (Wildman–Crippen MR) is 68.1 cm³/mol. The number of carboxylic acid groups (broad SMARTS) is 1. The molecule has 1 aromatic rings. The number of carbonyl (C=O) groups excluding carboxylic acids is 1. The van der Waals surface area contributed by atoms with E-state index in [-0.39, 0.29) is 11.4 Å². The van der Waals surface area contributed by atoms with Gasteiger partial charge in [0.15, 0.2) is 0 Å². The van der Waals surface area contributed by atoms with Gasteiger partial charge in [-0.15, -0.1) is 0 Å². The maximum absolute atomic E-state index is 11.8. The highest BCUT2D eigenvalue weighted by Crippen LogP contribution is 2.05. The van der Waals surface area contributed by atoms with Gasteiger partial charge in [-0.2, -0.15) is 0 Å². The fourth-order valence-electron chi connectivity index (χ4n) is 1.21. The molecule has 1 aromatic heterocycles. The summed E-state index contributed by atoms with van der Waals surface area (Å²) in [7, 11) is 0. The number of nitrogens with zero attached hydrogens (tertiary/aromatic N) is 1. The van der Waals surface area contributed by atoms with Crippen molar-refractivity contribution in [3.63, 3.8) is 0 Å². The quantitative estimate of drug-likeness (QED) is 0.798. The summed E-state index contributed by atoms with van der Waals surface area (Å²) in [5.41, 5.74) is 0.614. The van der Waals surface area contributed by atoms with Gasteiger partial charge in [-0.25, -0.2) is 4.79 Å². The zero-order valence-corrected chi connectivity index (χ0v) is 10.6. The Hall–Kier alpha value is -2.17. The van der Waals surface area contributed by atoms with Crippen molar-refractivity contribution in [3.8, 4) is 0 Å². The smallest absolute Gasteiger partial charge is 0.328 e. The normalized spacial score (nSPS) is 11.5. The standard InChI is InChI=1S/C13H16N2O3/c1-13(2,3)15-12(18)10-6-4-9(8-14-10)5-7-11(16)17/h4-8H,1-3H3,(H,15,18)(H,16,17). The maximum atomic E-state index is 11.8. The number of hydrogen-bond donors (Lipinski definition) is 2. The van der Waals surface area contributed by atoms with E-state index < -0.39 is 5.97 Å². The third-order valence-electron chi connectivity index (χ3n) is 1.93. The van der Waals surface area contributed by atoms with Crippen LogP contribution in [0.1, 0.15) is 36.8 Å².